The number of rotatable bonds is 6. The van der Waals surface area contributed by atoms with E-state index in [0.29, 0.717) is 0 Å². The molecule has 3 aromatic carbocycles. The largest absolute Gasteiger partial charge is 0.366 e. The molecule has 0 heterocycles. The van der Waals surface area contributed by atoms with Crippen LogP contribution in [0.15, 0.2) is 84.9 Å². The third-order valence-electron chi connectivity index (χ3n) is 4.35. The molecule has 0 aliphatic carbocycles. The van der Waals surface area contributed by atoms with Gasteiger partial charge in [-0.2, -0.15) is 0 Å². The zero-order chi connectivity index (χ0) is 20.6. The van der Waals surface area contributed by atoms with E-state index in [0.717, 1.165) is 11.1 Å². The second-order valence-electron chi connectivity index (χ2n) is 6.50. The molecule has 29 heavy (non-hydrogen) atoms. The lowest BCUT2D eigenvalue weighted by Crippen LogP contribution is -2.39. The van der Waals surface area contributed by atoms with Crippen molar-refractivity contribution in [3.05, 3.63) is 102 Å². The lowest BCUT2D eigenvalue weighted by molar-refractivity contribution is -0.144. The van der Waals surface area contributed by atoms with Gasteiger partial charge in [0.15, 0.2) is 0 Å². The molecule has 0 atom stereocenters. The third kappa shape index (κ3) is 5.29. The first-order chi connectivity index (χ1) is 14.0. The molecule has 0 fully saturated rings. The summed E-state index contributed by atoms with van der Waals surface area (Å²) in [6, 6.07) is 25.2. The molecule has 146 valence electrons. The highest BCUT2D eigenvalue weighted by Crippen LogP contribution is 2.16. The molecule has 6 heteroatoms. The van der Waals surface area contributed by atoms with Crippen molar-refractivity contribution >= 4 is 23.4 Å². The number of carbonyl (C=O) groups is 3. The highest BCUT2D eigenvalue weighted by Gasteiger charge is 2.23. The van der Waals surface area contributed by atoms with Gasteiger partial charge in [-0.1, -0.05) is 72.8 Å². The van der Waals surface area contributed by atoms with Crippen molar-refractivity contribution in [1.29, 1.82) is 0 Å². The number of hydrogen-bond acceptors (Lipinski definition) is 3. The molecule has 0 radical (unpaired) electrons. The minimum absolute atomic E-state index is 0.145. The minimum atomic E-state index is -0.828. The standard InChI is InChI=1S/C23H21N3O3/c24-21(27)19-13-7-8-14-20(19)25-22(28)23(29)26(15-17-9-3-1-4-10-17)16-18-11-5-2-6-12-18/h1-14H,15-16H2,(H2,24,27)(H,25,28). The Morgan fingerprint density at radius 3 is 1.72 bits per heavy atom. The Bertz CT molecular complexity index is 963. The lowest BCUT2D eigenvalue weighted by atomic mass is 10.1. The molecule has 6 nitrogen and oxygen atoms in total. The topological polar surface area (TPSA) is 92.5 Å². The lowest BCUT2D eigenvalue weighted by Gasteiger charge is -2.22. The second-order valence-corrected chi connectivity index (χ2v) is 6.50. The van der Waals surface area contributed by atoms with Gasteiger partial charge >= 0.3 is 11.8 Å². The van der Waals surface area contributed by atoms with Crippen LogP contribution in [0.3, 0.4) is 0 Å². The Morgan fingerprint density at radius 2 is 1.21 bits per heavy atom. The Kier molecular flexibility index (Phi) is 6.37. The van der Waals surface area contributed by atoms with Gasteiger partial charge in [-0.25, -0.2) is 0 Å². The molecule has 0 aliphatic rings. The molecular formula is C23H21N3O3. The van der Waals surface area contributed by atoms with Gasteiger partial charge < -0.3 is 16.0 Å². The number of hydrogen-bond donors (Lipinski definition) is 2. The maximum atomic E-state index is 12.9. The van der Waals surface area contributed by atoms with Crippen LogP contribution in [0.4, 0.5) is 5.69 Å². The zero-order valence-electron chi connectivity index (χ0n) is 15.7. The molecule has 0 saturated carbocycles. The normalized spacial score (nSPS) is 10.2. The van der Waals surface area contributed by atoms with Gasteiger partial charge in [-0.3, -0.25) is 14.4 Å². The summed E-state index contributed by atoms with van der Waals surface area (Å²) in [5.74, 6) is -2.21. The third-order valence-corrected chi connectivity index (χ3v) is 4.35. The van der Waals surface area contributed by atoms with Crippen molar-refractivity contribution in [1.82, 2.24) is 4.90 Å². The fraction of sp³-hybridized carbons (Fsp3) is 0.0870. The maximum Gasteiger partial charge on any atom is 0.313 e. The molecule has 0 saturated heterocycles. The van der Waals surface area contributed by atoms with Crippen molar-refractivity contribution in [3.8, 4) is 0 Å². The van der Waals surface area contributed by atoms with E-state index in [1.165, 1.54) is 17.0 Å². The number of para-hydroxylation sites is 1. The van der Waals surface area contributed by atoms with Crippen molar-refractivity contribution in [2.75, 3.05) is 5.32 Å². The Hall–Kier alpha value is -3.93. The van der Waals surface area contributed by atoms with E-state index in [1.807, 2.05) is 60.7 Å². The number of nitrogens with one attached hydrogen (secondary N) is 1. The average molecular weight is 387 g/mol. The number of benzene rings is 3. The quantitative estimate of drug-likeness (QED) is 0.637. The summed E-state index contributed by atoms with van der Waals surface area (Å²) >= 11 is 0. The molecule has 3 amide bonds. The number of nitrogens with zero attached hydrogens (tertiary/aromatic N) is 1. The van der Waals surface area contributed by atoms with Crippen LogP contribution < -0.4 is 11.1 Å². The van der Waals surface area contributed by atoms with Crippen LogP contribution in [-0.2, 0) is 22.7 Å². The Balaban J connectivity index is 1.81. The maximum absolute atomic E-state index is 12.9. The Labute approximate surface area is 169 Å². The fourth-order valence-corrected chi connectivity index (χ4v) is 2.93. The summed E-state index contributed by atoms with van der Waals surface area (Å²) in [7, 11) is 0. The van der Waals surface area contributed by atoms with E-state index in [9.17, 15) is 14.4 Å². The van der Waals surface area contributed by atoms with Gasteiger partial charge in [0, 0.05) is 13.1 Å². The summed E-state index contributed by atoms with van der Waals surface area (Å²) < 4.78 is 0. The molecule has 0 aromatic heterocycles. The van der Waals surface area contributed by atoms with Crippen LogP contribution in [0.2, 0.25) is 0 Å². The van der Waals surface area contributed by atoms with Crippen LogP contribution in [-0.4, -0.2) is 22.6 Å². The number of anilines is 1. The molecule has 0 aliphatic heterocycles. The van der Waals surface area contributed by atoms with Gasteiger partial charge in [0.2, 0.25) is 0 Å². The van der Waals surface area contributed by atoms with Crippen LogP contribution in [0.5, 0.6) is 0 Å². The Morgan fingerprint density at radius 1 is 0.724 bits per heavy atom. The summed E-state index contributed by atoms with van der Waals surface area (Å²) in [6.45, 7) is 0.554. The molecule has 3 N–H and O–H groups in total. The van der Waals surface area contributed by atoms with E-state index < -0.39 is 17.7 Å². The molecule has 3 aromatic rings. The van der Waals surface area contributed by atoms with Crippen LogP contribution >= 0.6 is 0 Å². The second kappa shape index (κ2) is 9.32. The van der Waals surface area contributed by atoms with Gasteiger partial charge in [0.1, 0.15) is 0 Å². The smallest absolute Gasteiger partial charge is 0.313 e. The van der Waals surface area contributed by atoms with Gasteiger partial charge in [0.25, 0.3) is 5.91 Å². The van der Waals surface area contributed by atoms with Crippen molar-refractivity contribution in [3.63, 3.8) is 0 Å². The molecule has 0 bridgehead atoms. The van der Waals surface area contributed by atoms with Gasteiger partial charge in [0.05, 0.1) is 11.3 Å². The van der Waals surface area contributed by atoms with Crippen LogP contribution in [0.1, 0.15) is 21.5 Å². The summed E-state index contributed by atoms with van der Waals surface area (Å²) in [6.07, 6.45) is 0. The van der Waals surface area contributed by atoms with E-state index >= 15 is 0 Å². The summed E-state index contributed by atoms with van der Waals surface area (Å²) in [5, 5.41) is 2.51. The highest BCUT2D eigenvalue weighted by atomic mass is 16.2. The number of primary amides is 1. The monoisotopic (exact) mass is 387 g/mol. The van der Waals surface area contributed by atoms with E-state index in [2.05, 4.69) is 5.32 Å². The first kappa shape index (κ1) is 19.8. The zero-order valence-corrected chi connectivity index (χ0v) is 15.7. The SMILES string of the molecule is NC(=O)c1ccccc1NC(=O)C(=O)N(Cc1ccccc1)Cc1ccccc1. The number of amides is 3. The minimum Gasteiger partial charge on any atom is -0.366 e. The van der Waals surface area contributed by atoms with E-state index in [4.69, 9.17) is 5.73 Å². The molecule has 0 spiro atoms. The van der Waals surface area contributed by atoms with Gasteiger partial charge in [-0.05, 0) is 23.3 Å². The van der Waals surface area contributed by atoms with E-state index in [1.54, 1.807) is 12.1 Å². The van der Waals surface area contributed by atoms with Crippen molar-refractivity contribution in [2.45, 2.75) is 13.1 Å². The highest BCUT2D eigenvalue weighted by molar-refractivity contribution is 6.39. The molecule has 3 rings (SSSR count). The van der Waals surface area contributed by atoms with Crippen LogP contribution in [0.25, 0.3) is 0 Å². The first-order valence-corrected chi connectivity index (χ1v) is 9.11. The summed E-state index contributed by atoms with van der Waals surface area (Å²) in [4.78, 5) is 38.6. The fourth-order valence-electron chi connectivity index (χ4n) is 2.93. The predicted molar refractivity (Wildman–Crippen MR) is 111 cm³/mol. The first-order valence-electron chi connectivity index (χ1n) is 9.11. The van der Waals surface area contributed by atoms with Crippen molar-refractivity contribution in [2.24, 2.45) is 5.73 Å². The molecular weight excluding hydrogens is 366 g/mol. The number of carbonyl (C=O) groups excluding carboxylic acids is 3. The predicted octanol–water partition coefficient (Wildman–Crippen LogP) is 2.95. The van der Waals surface area contributed by atoms with Crippen molar-refractivity contribution < 1.29 is 14.4 Å². The molecule has 0 unspecified atom stereocenters. The average Bonchev–Trinajstić information content (AvgIpc) is 2.74. The van der Waals surface area contributed by atoms with Gasteiger partial charge in [-0.15, -0.1) is 0 Å². The summed E-state index contributed by atoms with van der Waals surface area (Å²) in [5.41, 5.74) is 7.51. The van der Waals surface area contributed by atoms with Crippen LogP contribution in [0, 0.1) is 0 Å². The number of nitrogens with two attached hydrogens (primary N) is 1. The van der Waals surface area contributed by atoms with E-state index in [-0.39, 0.29) is 24.3 Å².